The number of halogens is 1. The molecule has 0 spiro atoms. The molecule has 0 heterocycles. The Labute approximate surface area is 169 Å². The molecule has 0 fully saturated rings. The van der Waals surface area contributed by atoms with Gasteiger partial charge >= 0.3 is 0 Å². The number of benzene rings is 3. The van der Waals surface area contributed by atoms with Gasteiger partial charge in [0.05, 0.1) is 0 Å². The molecule has 0 saturated heterocycles. The molecule has 2 aliphatic rings. The Morgan fingerprint density at radius 3 is 2.62 bits per heavy atom. The Morgan fingerprint density at radius 2 is 1.77 bits per heavy atom. The van der Waals surface area contributed by atoms with Gasteiger partial charge in [0, 0.05) is 3.57 Å². The van der Waals surface area contributed by atoms with Crippen molar-refractivity contribution in [3.8, 4) is 11.1 Å². The van der Waals surface area contributed by atoms with E-state index in [1.165, 1.54) is 38.3 Å². The first kappa shape index (κ1) is 16.6. The Morgan fingerprint density at radius 1 is 0.962 bits per heavy atom. The summed E-state index contributed by atoms with van der Waals surface area (Å²) in [6.07, 6.45) is 7.39. The maximum absolute atomic E-state index is 2.48. The third-order valence-electron chi connectivity index (χ3n) is 6.58. The van der Waals surface area contributed by atoms with E-state index < -0.39 is 0 Å². The van der Waals surface area contributed by atoms with Gasteiger partial charge in [-0.2, -0.15) is 0 Å². The number of rotatable bonds is 1. The van der Waals surface area contributed by atoms with Gasteiger partial charge in [-0.1, -0.05) is 74.5 Å². The molecule has 0 N–H and O–H groups in total. The highest BCUT2D eigenvalue weighted by Crippen LogP contribution is 2.55. The molecular formula is C25H23I. The van der Waals surface area contributed by atoms with Crippen LogP contribution in [-0.4, -0.2) is 0 Å². The van der Waals surface area contributed by atoms with Crippen molar-refractivity contribution in [1.82, 2.24) is 0 Å². The lowest BCUT2D eigenvalue weighted by Crippen LogP contribution is -2.25. The van der Waals surface area contributed by atoms with Gasteiger partial charge in [-0.05, 0) is 91.8 Å². The highest BCUT2D eigenvalue weighted by molar-refractivity contribution is 14.1. The van der Waals surface area contributed by atoms with Crippen molar-refractivity contribution in [3.05, 3.63) is 81.4 Å². The van der Waals surface area contributed by atoms with Gasteiger partial charge < -0.3 is 0 Å². The molecule has 5 rings (SSSR count). The molecule has 1 heteroatoms. The van der Waals surface area contributed by atoms with Crippen LogP contribution in [-0.2, 0) is 5.41 Å². The molecule has 2 aliphatic carbocycles. The Balaban J connectivity index is 1.71. The maximum atomic E-state index is 2.48. The van der Waals surface area contributed by atoms with Crippen molar-refractivity contribution in [2.75, 3.05) is 0 Å². The first-order chi connectivity index (χ1) is 12.6. The second-order valence-corrected chi connectivity index (χ2v) is 9.46. The third-order valence-corrected chi connectivity index (χ3v) is 7.52. The van der Waals surface area contributed by atoms with Crippen molar-refractivity contribution >= 4 is 33.4 Å². The topological polar surface area (TPSA) is 0 Å². The summed E-state index contributed by atoms with van der Waals surface area (Å²) in [5, 5.41) is 2.70. The number of hydrogen-bond acceptors (Lipinski definition) is 0. The molecule has 0 radical (unpaired) electrons. The van der Waals surface area contributed by atoms with Crippen molar-refractivity contribution in [2.45, 2.75) is 38.0 Å². The van der Waals surface area contributed by atoms with Crippen LogP contribution in [0, 0.1) is 9.49 Å². The molecule has 0 nitrogen and oxygen atoms in total. The van der Waals surface area contributed by atoms with Gasteiger partial charge in [0.2, 0.25) is 0 Å². The zero-order valence-corrected chi connectivity index (χ0v) is 17.5. The summed E-state index contributed by atoms with van der Waals surface area (Å²) in [5.74, 6) is 1.35. The normalized spacial score (nSPS) is 23.0. The van der Waals surface area contributed by atoms with E-state index in [0.717, 1.165) is 0 Å². The number of hydrogen-bond donors (Lipinski definition) is 0. The highest BCUT2D eigenvalue weighted by Gasteiger charge is 2.45. The van der Waals surface area contributed by atoms with E-state index in [4.69, 9.17) is 0 Å². The minimum Gasteiger partial charge on any atom is -0.0882 e. The summed E-state index contributed by atoms with van der Waals surface area (Å²) in [6.45, 7) is 4.87. The van der Waals surface area contributed by atoms with Gasteiger partial charge in [-0.15, -0.1) is 0 Å². The fourth-order valence-electron chi connectivity index (χ4n) is 5.22. The third kappa shape index (κ3) is 2.32. The van der Waals surface area contributed by atoms with Crippen LogP contribution in [0.4, 0.5) is 0 Å². The molecule has 3 aromatic rings. The van der Waals surface area contributed by atoms with Gasteiger partial charge in [-0.3, -0.25) is 0 Å². The predicted octanol–water partition coefficient (Wildman–Crippen LogP) is 7.45. The van der Waals surface area contributed by atoms with Gasteiger partial charge in [0.1, 0.15) is 0 Å². The lowest BCUT2D eigenvalue weighted by Gasteiger charge is -2.31. The van der Waals surface area contributed by atoms with Crippen LogP contribution >= 0.6 is 22.6 Å². The van der Waals surface area contributed by atoms with Crippen LogP contribution in [0.1, 0.15) is 43.7 Å². The smallest absolute Gasteiger partial charge is 0.0209 e. The lowest BCUT2D eigenvalue weighted by molar-refractivity contribution is 0.347. The zero-order valence-electron chi connectivity index (χ0n) is 15.3. The summed E-state index contributed by atoms with van der Waals surface area (Å²) in [6, 6.07) is 20.6. The largest absolute Gasteiger partial charge is 0.0882 e. The number of fused-ring (bicyclic) bond motifs is 4. The molecule has 26 heavy (non-hydrogen) atoms. The van der Waals surface area contributed by atoms with Crippen LogP contribution in [0.3, 0.4) is 0 Å². The standard InChI is InChI=1S/C25H23I/c1-25(2)22-10-6-5-8-19(22)20-12-11-16(15-23(20)25)17-13-14-24(26)21-9-4-3-7-18(17)21/h3-4,6-7,9-15,19,22H,5,8H2,1-2H3. The Bertz CT molecular complexity index is 1040. The van der Waals surface area contributed by atoms with Crippen molar-refractivity contribution in [1.29, 1.82) is 0 Å². The molecule has 0 bridgehead atoms. The minimum atomic E-state index is 0.214. The van der Waals surface area contributed by atoms with E-state index in [9.17, 15) is 0 Å². The van der Waals surface area contributed by atoms with Gasteiger partial charge in [0.15, 0.2) is 0 Å². The zero-order chi connectivity index (χ0) is 17.9. The quantitative estimate of drug-likeness (QED) is 0.267. The van der Waals surface area contributed by atoms with Gasteiger partial charge in [0.25, 0.3) is 0 Å². The maximum Gasteiger partial charge on any atom is 0.0209 e. The lowest BCUT2D eigenvalue weighted by atomic mass is 9.73. The summed E-state index contributed by atoms with van der Waals surface area (Å²) in [5.41, 5.74) is 6.06. The SMILES string of the molecule is CC1(C)c2cc(-c3ccc(I)c4ccccc34)ccc2C2CCC=CC21. The van der Waals surface area contributed by atoms with Crippen molar-refractivity contribution in [3.63, 3.8) is 0 Å². The van der Waals surface area contributed by atoms with Crippen LogP contribution < -0.4 is 0 Å². The average Bonchev–Trinajstić information content (AvgIpc) is 2.90. The van der Waals surface area contributed by atoms with E-state index in [0.29, 0.717) is 11.8 Å². The highest BCUT2D eigenvalue weighted by atomic mass is 127. The second kappa shape index (κ2) is 5.95. The number of allylic oxidation sites excluding steroid dienone is 2. The van der Waals surface area contributed by atoms with E-state index in [2.05, 4.69) is 103 Å². The Kier molecular flexibility index (Phi) is 3.79. The summed E-state index contributed by atoms with van der Waals surface area (Å²) in [7, 11) is 0. The van der Waals surface area contributed by atoms with Crippen molar-refractivity contribution in [2.24, 2.45) is 5.92 Å². The monoisotopic (exact) mass is 450 g/mol. The summed E-state index contributed by atoms with van der Waals surface area (Å²) >= 11 is 2.44. The van der Waals surface area contributed by atoms with E-state index in [-0.39, 0.29) is 5.41 Å². The first-order valence-electron chi connectivity index (χ1n) is 9.56. The van der Waals surface area contributed by atoms with Crippen LogP contribution in [0.25, 0.3) is 21.9 Å². The summed E-state index contributed by atoms with van der Waals surface area (Å²) in [4.78, 5) is 0. The van der Waals surface area contributed by atoms with Crippen LogP contribution in [0.15, 0.2) is 66.7 Å². The molecule has 2 atom stereocenters. The molecule has 0 aliphatic heterocycles. The summed E-state index contributed by atoms with van der Waals surface area (Å²) < 4.78 is 1.32. The molecule has 2 unspecified atom stereocenters. The van der Waals surface area contributed by atoms with E-state index in [1.807, 2.05) is 0 Å². The molecule has 0 saturated carbocycles. The van der Waals surface area contributed by atoms with E-state index >= 15 is 0 Å². The van der Waals surface area contributed by atoms with Crippen LogP contribution in [0.2, 0.25) is 0 Å². The fourth-order valence-corrected chi connectivity index (χ4v) is 5.87. The van der Waals surface area contributed by atoms with Gasteiger partial charge in [-0.25, -0.2) is 0 Å². The second-order valence-electron chi connectivity index (χ2n) is 8.30. The molecule has 3 aromatic carbocycles. The fraction of sp³-hybridized carbons (Fsp3) is 0.280. The van der Waals surface area contributed by atoms with Crippen LogP contribution in [0.5, 0.6) is 0 Å². The molecule has 0 amide bonds. The molecule has 0 aromatic heterocycles. The Hall–Kier alpha value is -1.61. The average molecular weight is 450 g/mol. The minimum absolute atomic E-state index is 0.214. The predicted molar refractivity (Wildman–Crippen MR) is 120 cm³/mol. The molecule has 130 valence electrons. The first-order valence-corrected chi connectivity index (χ1v) is 10.6. The van der Waals surface area contributed by atoms with E-state index in [1.54, 1.807) is 11.1 Å². The molecular weight excluding hydrogens is 427 g/mol. The van der Waals surface area contributed by atoms with Crippen molar-refractivity contribution < 1.29 is 0 Å².